The van der Waals surface area contributed by atoms with Gasteiger partial charge in [0.2, 0.25) is 15.9 Å². The Hall–Kier alpha value is -2.39. The van der Waals surface area contributed by atoms with Crippen molar-refractivity contribution in [3.05, 3.63) is 52.2 Å². The average molecular weight is 381 g/mol. The predicted octanol–water partition coefficient (Wildman–Crippen LogP) is 1.51. The second-order valence-corrected chi connectivity index (χ2v) is 8.14. The predicted molar refractivity (Wildman–Crippen MR) is 98.0 cm³/mol. The molecule has 2 N–H and O–H groups in total. The summed E-state index contributed by atoms with van der Waals surface area (Å²) in [4.78, 5) is 26.1. The Labute approximate surface area is 150 Å². The highest BCUT2D eigenvalue weighted by atomic mass is 32.2. The molecule has 2 rings (SSSR count). The molecule has 0 radical (unpaired) electrons. The first-order valence-electron chi connectivity index (χ1n) is 7.37. The van der Waals surface area contributed by atoms with Crippen LogP contribution >= 0.6 is 11.3 Å². The van der Waals surface area contributed by atoms with Crippen LogP contribution in [-0.4, -0.2) is 45.0 Å². The Balaban J connectivity index is 1.93. The van der Waals surface area contributed by atoms with E-state index in [0.717, 1.165) is 6.26 Å². The maximum Gasteiger partial charge on any atom is 0.264 e. The molecule has 0 saturated carbocycles. The molecule has 1 aromatic carbocycles. The van der Waals surface area contributed by atoms with Gasteiger partial charge in [-0.2, -0.15) is 0 Å². The summed E-state index contributed by atoms with van der Waals surface area (Å²) in [5.74, 6) is -0.550. The summed E-state index contributed by atoms with van der Waals surface area (Å²) >= 11 is 1.32. The summed E-state index contributed by atoms with van der Waals surface area (Å²) in [5, 5.41) is 4.49. The number of hydrogen-bond acceptors (Lipinski definition) is 5. The van der Waals surface area contributed by atoms with E-state index < -0.39 is 10.0 Å². The van der Waals surface area contributed by atoms with Crippen LogP contribution in [0.2, 0.25) is 0 Å². The molecule has 0 aliphatic carbocycles. The standard InChI is InChI=1S/C16H19N3O4S2/c1-19(16(21)14-8-5-9-24-14)11-15(20)17-10-12-6-3-4-7-13(12)18-25(2,22)23/h3-9,18H,10-11H2,1-2H3,(H,17,20). The second kappa shape index (κ2) is 8.13. The lowest BCUT2D eigenvalue weighted by Crippen LogP contribution is -2.37. The SMILES string of the molecule is CN(CC(=O)NCc1ccccc1NS(C)(=O)=O)C(=O)c1cccs1. The minimum atomic E-state index is -3.41. The Kier molecular flexibility index (Phi) is 6.16. The monoisotopic (exact) mass is 381 g/mol. The molecule has 0 spiro atoms. The van der Waals surface area contributed by atoms with Gasteiger partial charge >= 0.3 is 0 Å². The maximum atomic E-state index is 12.1. The van der Waals surface area contributed by atoms with Gasteiger partial charge in [0.15, 0.2) is 0 Å². The van der Waals surface area contributed by atoms with Gasteiger partial charge in [-0.1, -0.05) is 24.3 Å². The Bertz CT molecular complexity index is 848. The molecule has 0 unspecified atom stereocenters. The zero-order valence-electron chi connectivity index (χ0n) is 13.9. The second-order valence-electron chi connectivity index (χ2n) is 5.45. The zero-order chi connectivity index (χ0) is 18.4. The summed E-state index contributed by atoms with van der Waals surface area (Å²) in [7, 11) is -1.85. The van der Waals surface area contributed by atoms with Crippen LogP contribution in [0.15, 0.2) is 41.8 Å². The third-order valence-electron chi connectivity index (χ3n) is 3.25. The van der Waals surface area contributed by atoms with Crippen LogP contribution in [-0.2, 0) is 21.4 Å². The molecule has 9 heteroatoms. The lowest BCUT2D eigenvalue weighted by Gasteiger charge is -2.16. The van der Waals surface area contributed by atoms with E-state index >= 15 is 0 Å². The van der Waals surface area contributed by atoms with Crippen molar-refractivity contribution in [3.63, 3.8) is 0 Å². The van der Waals surface area contributed by atoms with Crippen molar-refractivity contribution in [2.45, 2.75) is 6.54 Å². The Morgan fingerprint density at radius 2 is 1.88 bits per heavy atom. The van der Waals surface area contributed by atoms with E-state index in [1.54, 1.807) is 48.8 Å². The highest BCUT2D eigenvalue weighted by Crippen LogP contribution is 2.16. The zero-order valence-corrected chi connectivity index (χ0v) is 15.5. The number of carbonyl (C=O) groups is 2. The van der Waals surface area contributed by atoms with Crippen LogP contribution in [0.3, 0.4) is 0 Å². The van der Waals surface area contributed by atoms with Crippen molar-refractivity contribution in [1.29, 1.82) is 0 Å². The number of para-hydroxylation sites is 1. The van der Waals surface area contributed by atoms with E-state index in [1.807, 2.05) is 0 Å². The van der Waals surface area contributed by atoms with Gasteiger partial charge in [-0.15, -0.1) is 11.3 Å². The highest BCUT2D eigenvalue weighted by molar-refractivity contribution is 7.92. The third-order valence-corrected chi connectivity index (χ3v) is 4.70. The van der Waals surface area contributed by atoms with Crippen molar-refractivity contribution in [2.75, 3.05) is 24.6 Å². The molecule has 25 heavy (non-hydrogen) atoms. The van der Waals surface area contributed by atoms with Crippen LogP contribution in [0.1, 0.15) is 15.2 Å². The van der Waals surface area contributed by atoms with Gasteiger partial charge in [0.1, 0.15) is 0 Å². The highest BCUT2D eigenvalue weighted by Gasteiger charge is 2.16. The minimum Gasteiger partial charge on any atom is -0.350 e. The number of nitrogens with one attached hydrogen (secondary N) is 2. The fourth-order valence-corrected chi connectivity index (χ4v) is 3.42. The first-order chi connectivity index (χ1) is 11.8. The molecule has 0 aliphatic rings. The van der Waals surface area contributed by atoms with Crippen molar-refractivity contribution in [1.82, 2.24) is 10.2 Å². The van der Waals surface area contributed by atoms with Crippen LogP contribution in [0.5, 0.6) is 0 Å². The number of likely N-dealkylation sites (N-methyl/N-ethyl adjacent to an activating group) is 1. The van der Waals surface area contributed by atoms with Gasteiger partial charge in [-0.05, 0) is 23.1 Å². The van der Waals surface area contributed by atoms with Crippen LogP contribution in [0.25, 0.3) is 0 Å². The quantitative estimate of drug-likeness (QED) is 0.760. The summed E-state index contributed by atoms with van der Waals surface area (Å²) in [5.41, 5.74) is 1.04. The first-order valence-corrected chi connectivity index (χ1v) is 10.1. The number of nitrogens with zero attached hydrogens (tertiary/aromatic N) is 1. The maximum absolute atomic E-state index is 12.1. The lowest BCUT2D eigenvalue weighted by atomic mass is 10.2. The third kappa shape index (κ3) is 5.87. The number of rotatable bonds is 7. The van der Waals surface area contributed by atoms with Gasteiger partial charge < -0.3 is 10.2 Å². The van der Waals surface area contributed by atoms with E-state index in [0.29, 0.717) is 16.1 Å². The molecular weight excluding hydrogens is 362 g/mol. The van der Waals surface area contributed by atoms with E-state index in [4.69, 9.17) is 0 Å². The summed E-state index contributed by atoms with van der Waals surface area (Å²) < 4.78 is 25.2. The number of thiophene rings is 1. The Morgan fingerprint density at radius 3 is 2.52 bits per heavy atom. The minimum absolute atomic E-state index is 0.0849. The largest absolute Gasteiger partial charge is 0.350 e. The number of anilines is 1. The molecule has 7 nitrogen and oxygen atoms in total. The van der Waals surface area contributed by atoms with Crippen LogP contribution < -0.4 is 10.0 Å². The summed E-state index contributed by atoms with van der Waals surface area (Å²) in [6, 6.07) is 10.3. The van der Waals surface area contributed by atoms with Gasteiger partial charge in [-0.25, -0.2) is 8.42 Å². The molecule has 0 saturated heterocycles. The van der Waals surface area contributed by atoms with Crippen molar-refractivity contribution in [3.8, 4) is 0 Å². The van der Waals surface area contributed by atoms with Gasteiger partial charge in [0.05, 0.1) is 23.4 Å². The van der Waals surface area contributed by atoms with Gasteiger partial charge in [0, 0.05) is 13.6 Å². The fourth-order valence-electron chi connectivity index (χ4n) is 2.10. The number of sulfonamides is 1. The molecule has 1 heterocycles. The molecule has 1 aromatic heterocycles. The molecule has 0 aliphatic heterocycles. The first kappa shape index (κ1) is 18.9. The number of amides is 2. The van der Waals surface area contributed by atoms with E-state index in [2.05, 4.69) is 10.0 Å². The number of carbonyl (C=O) groups excluding carboxylic acids is 2. The lowest BCUT2D eigenvalue weighted by molar-refractivity contribution is -0.121. The van der Waals surface area contributed by atoms with Crippen molar-refractivity contribution >= 4 is 38.9 Å². The normalized spacial score (nSPS) is 11.0. The topological polar surface area (TPSA) is 95.6 Å². The molecular formula is C16H19N3O4S2. The molecule has 0 bridgehead atoms. The number of hydrogen-bond donors (Lipinski definition) is 2. The smallest absolute Gasteiger partial charge is 0.264 e. The van der Waals surface area contributed by atoms with E-state index in [-0.39, 0.29) is 24.9 Å². The van der Waals surface area contributed by atoms with Gasteiger partial charge in [0.25, 0.3) is 5.91 Å². The molecule has 2 aromatic rings. The Morgan fingerprint density at radius 1 is 1.16 bits per heavy atom. The number of benzene rings is 1. The van der Waals surface area contributed by atoms with E-state index in [1.165, 1.54) is 16.2 Å². The summed E-state index contributed by atoms with van der Waals surface area (Å²) in [6.07, 6.45) is 1.06. The summed E-state index contributed by atoms with van der Waals surface area (Å²) in [6.45, 7) is 0.0664. The van der Waals surface area contributed by atoms with Crippen molar-refractivity contribution in [2.24, 2.45) is 0 Å². The van der Waals surface area contributed by atoms with Crippen LogP contribution in [0.4, 0.5) is 5.69 Å². The molecule has 0 atom stereocenters. The van der Waals surface area contributed by atoms with Crippen LogP contribution in [0, 0.1) is 0 Å². The average Bonchev–Trinajstić information content (AvgIpc) is 3.06. The van der Waals surface area contributed by atoms with Gasteiger partial charge in [-0.3, -0.25) is 14.3 Å². The van der Waals surface area contributed by atoms with Crippen molar-refractivity contribution < 1.29 is 18.0 Å². The molecule has 2 amide bonds. The fraction of sp³-hybridized carbons (Fsp3) is 0.250. The van der Waals surface area contributed by atoms with E-state index in [9.17, 15) is 18.0 Å². The molecule has 134 valence electrons. The molecule has 0 fully saturated rings.